The number of hydrogen-bond acceptors (Lipinski definition) is 3. The number of fused-ring (bicyclic) bond motifs is 5. The first-order valence-electron chi connectivity index (χ1n) is 9.05. The van der Waals surface area contributed by atoms with E-state index >= 15 is 0 Å². The molecular formula is C21H26O3. The highest BCUT2D eigenvalue weighted by Gasteiger charge is 2.53. The van der Waals surface area contributed by atoms with Crippen LogP contribution in [0.1, 0.15) is 50.2 Å². The Labute approximate surface area is 144 Å². The maximum absolute atomic E-state index is 11.5. The number of allylic oxidation sites excluding steroid dienone is 1. The Hall–Kier alpha value is -1.77. The van der Waals surface area contributed by atoms with Gasteiger partial charge in [-0.05, 0) is 72.8 Å². The zero-order chi connectivity index (χ0) is 16.9. The van der Waals surface area contributed by atoms with Gasteiger partial charge in [-0.1, -0.05) is 19.1 Å². The van der Waals surface area contributed by atoms with E-state index in [0.717, 1.165) is 18.6 Å². The molecule has 4 rings (SSSR count). The summed E-state index contributed by atoms with van der Waals surface area (Å²) in [6.45, 7) is 3.82. The standard InChI is InChI=1S/C21H26O3/c1-13(22)24-20-9-8-19-18-6-4-14-12-15(23-3)5-7-16(14)17(18)10-11-21(19,20)2/h5,7-9,12,17-20H,4,6,10-11H2,1-3H3. The van der Waals surface area contributed by atoms with Gasteiger partial charge in [-0.15, -0.1) is 0 Å². The molecule has 0 heterocycles. The zero-order valence-corrected chi connectivity index (χ0v) is 14.7. The summed E-state index contributed by atoms with van der Waals surface area (Å²) < 4.78 is 11.0. The zero-order valence-electron chi connectivity index (χ0n) is 14.7. The number of carbonyl (C=O) groups excluding carboxylic acids is 1. The molecule has 3 aliphatic rings. The van der Waals surface area contributed by atoms with Crippen LogP contribution in [0.2, 0.25) is 0 Å². The van der Waals surface area contributed by atoms with Gasteiger partial charge in [-0.25, -0.2) is 0 Å². The maximum Gasteiger partial charge on any atom is 0.303 e. The van der Waals surface area contributed by atoms with Crippen molar-refractivity contribution in [1.29, 1.82) is 0 Å². The molecule has 5 unspecified atom stereocenters. The fourth-order valence-corrected chi connectivity index (χ4v) is 5.45. The fraction of sp³-hybridized carbons (Fsp3) is 0.571. The lowest BCUT2D eigenvalue weighted by Crippen LogP contribution is -2.45. The molecule has 1 saturated carbocycles. The molecule has 0 N–H and O–H groups in total. The minimum Gasteiger partial charge on any atom is -0.497 e. The largest absolute Gasteiger partial charge is 0.497 e. The lowest BCUT2D eigenvalue weighted by molar-refractivity contribution is -0.152. The molecule has 0 spiro atoms. The van der Waals surface area contributed by atoms with E-state index in [-0.39, 0.29) is 17.5 Å². The number of hydrogen-bond donors (Lipinski definition) is 0. The van der Waals surface area contributed by atoms with Crippen molar-refractivity contribution in [3.8, 4) is 5.75 Å². The number of rotatable bonds is 2. The molecule has 0 radical (unpaired) electrons. The third-order valence-corrected chi connectivity index (χ3v) is 6.67. The second kappa shape index (κ2) is 5.65. The van der Waals surface area contributed by atoms with Gasteiger partial charge in [0, 0.05) is 12.3 Å². The molecule has 0 saturated heterocycles. The number of esters is 1. The van der Waals surface area contributed by atoms with Crippen molar-refractivity contribution in [2.75, 3.05) is 7.11 Å². The SMILES string of the molecule is COc1ccc2c(c1)CCC1C2CCC2(C)C(OC(C)=O)C=CC12. The first-order chi connectivity index (χ1) is 11.5. The van der Waals surface area contributed by atoms with Gasteiger partial charge in [0.05, 0.1) is 7.11 Å². The average molecular weight is 326 g/mol. The lowest BCUT2D eigenvalue weighted by Gasteiger charge is -2.50. The Morgan fingerprint density at radius 1 is 1.25 bits per heavy atom. The van der Waals surface area contributed by atoms with Gasteiger partial charge in [0.25, 0.3) is 0 Å². The van der Waals surface area contributed by atoms with Gasteiger partial charge in [0.2, 0.25) is 0 Å². The van der Waals surface area contributed by atoms with E-state index in [1.54, 1.807) is 7.11 Å². The van der Waals surface area contributed by atoms with Crippen LogP contribution in [0.15, 0.2) is 30.4 Å². The molecule has 3 nitrogen and oxygen atoms in total. The Balaban J connectivity index is 1.63. The van der Waals surface area contributed by atoms with Crippen LogP contribution in [0, 0.1) is 17.3 Å². The topological polar surface area (TPSA) is 35.5 Å². The molecule has 0 aliphatic heterocycles. The molecule has 1 fully saturated rings. The molecule has 0 amide bonds. The minimum absolute atomic E-state index is 0.0572. The molecule has 3 heteroatoms. The molecule has 128 valence electrons. The van der Waals surface area contributed by atoms with E-state index in [4.69, 9.17) is 9.47 Å². The summed E-state index contributed by atoms with van der Waals surface area (Å²) in [6, 6.07) is 6.59. The van der Waals surface area contributed by atoms with Gasteiger partial charge in [-0.3, -0.25) is 4.79 Å². The van der Waals surface area contributed by atoms with Crippen LogP contribution in [0.4, 0.5) is 0 Å². The van der Waals surface area contributed by atoms with Gasteiger partial charge in [0.1, 0.15) is 11.9 Å². The second-order valence-corrected chi connectivity index (χ2v) is 7.86. The molecule has 5 atom stereocenters. The second-order valence-electron chi connectivity index (χ2n) is 7.86. The Morgan fingerprint density at radius 3 is 2.83 bits per heavy atom. The summed E-state index contributed by atoms with van der Waals surface area (Å²) >= 11 is 0. The third kappa shape index (κ3) is 2.28. The lowest BCUT2D eigenvalue weighted by atomic mass is 9.55. The average Bonchev–Trinajstić information content (AvgIpc) is 2.90. The van der Waals surface area contributed by atoms with Crippen LogP contribution in [0.3, 0.4) is 0 Å². The highest BCUT2D eigenvalue weighted by Crippen LogP contribution is 2.59. The molecule has 1 aromatic rings. The van der Waals surface area contributed by atoms with Crippen LogP contribution >= 0.6 is 0 Å². The smallest absolute Gasteiger partial charge is 0.303 e. The van der Waals surface area contributed by atoms with E-state index in [1.807, 2.05) is 0 Å². The number of aryl methyl sites for hydroxylation is 1. The maximum atomic E-state index is 11.5. The number of methoxy groups -OCH3 is 1. The van der Waals surface area contributed by atoms with Crippen molar-refractivity contribution < 1.29 is 14.3 Å². The van der Waals surface area contributed by atoms with Crippen LogP contribution in [0.5, 0.6) is 5.75 Å². The highest BCUT2D eigenvalue weighted by atomic mass is 16.5. The molecule has 1 aromatic carbocycles. The van der Waals surface area contributed by atoms with Crippen molar-refractivity contribution in [2.24, 2.45) is 17.3 Å². The van der Waals surface area contributed by atoms with E-state index in [1.165, 1.54) is 30.9 Å². The van der Waals surface area contributed by atoms with Crippen LogP contribution in [-0.2, 0) is 16.0 Å². The summed E-state index contributed by atoms with van der Waals surface area (Å²) in [6.07, 6.45) is 9.02. The van der Waals surface area contributed by atoms with Crippen molar-refractivity contribution in [3.05, 3.63) is 41.5 Å². The van der Waals surface area contributed by atoms with Gasteiger partial charge >= 0.3 is 5.97 Å². The predicted octanol–water partition coefficient (Wildman–Crippen LogP) is 4.26. The summed E-state index contributed by atoms with van der Waals surface area (Å²) in [4.78, 5) is 11.5. The Bertz CT molecular complexity index is 692. The van der Waals surface area contributed by atoms with Crippen molar-refractivity contribution in [1.82, 2.24) is 0 Å². The monoisotopic (exact) mass is 326 g/mol. The number of carbonyl (C=O) groups is 1. The molecule has 0 bridgehead atoms. The number of ether oxygens (including phenoxy) is 2. The first-order valence-corrected chi connectivity index (χ1v) is 9.05. The third-order valence-electron chi connectivity index (χ3n) is 6.67. The van der Waals surface area contributed by atoms with E-state index < -0.39 is 0 Å². The van der Waals surface area contributed by atoms with Crippen molar-refractivity contribution >= 4 is 5.97 Å². The van der Waals surface area contributed by atoms with Crippen molar-refractivity contribution in [3.63, 3.8) is 0 Å². The number of benzene rings is 1. The molecule has 24 heavy (non-hydrogen) atoms. The van der Waals surface area contributed by atoms with Crippen LogP contribution < -0.4 is 4.74 Å². The molecule has 3 aliphatic carbocycles. The summed E-state index contributed by atoms with van der Waals surface area (Å²) in [5.41, 5.74) is 3.03. The van der Waals surface area contributed by atoms with Gasteiger partial charge < -0.3 is 9.47 Å². The van der Waals surface area contributed by atoms with E-state index in [9.17, 15) is 4.79 Å². The highest BCUT2D eigenvalue weighted by molar-refractivity contribution is 5.66. The fourth-order valence-electron chi connectivity index (χ4n) is 5.45. The minimum atomic E-state index is -0.172. The van der Waals surface area contributed by atoms with Crippen LogP contribution in [0.25, 0.3) is 0 Å². The summed E-state index contributed by atoms with van der Waals surface area (Å²) in [5.74, 6) is 2.58. The normalized spacial score (nSPS) is 36.5. The van der Waals surface area contributed by atoms with Gasteiger partial charge in [0.15, 0.2) is 0 Å². The Kier molecular flexibility index (Phi) is 3.70. The predicted molar refractivity (Wildman–Crippen MR) is 93.1 cm³/mol. The van der Waals surface area contributed by atoms with Gasteiger partial charge in [-0.2, -0.15) is 0 Å². The Morgan fingerprint density at radius 2 is 2.08 bits per heavy atom. The van der Waals surface area contributed by atoms with Crippen LogP contribution in [-0.4, -0.2) is 19.2 Å². The summed E-state index contributed by atoms with van der Waals surface area (Å²) in [5, 5.41) is 0. The quantitative estimate of drug-likeness (QED) is 0.602. The molecule has 0 aromatic heterocycles. The summed E-state index contributed by atoms with van der Waals surface area (Å²) in [7, 11) is 1.73. The molecular weight excluding hydrogens is 300 g/mol. The van der Waals surface area contributed by atoms with E-state index in [2.05, 4.69) is 37.3 Å². The first kappa shape index (κ1) is 15.7. The van der Waals surface area contributed by atoms with E-state index in [0.29, 0.717) is 17.8 Å². The van der Waals surface area contributed by atoms with Crippen molar-refractivity contribution in [2.45, 2.75) is 51.6 Å².